The molecule has 17 heavy (non-hydrogen) atoms. The Bertz CT molecular complexity index is 419. The van der Waals surface area contributed by atoms with Gasteiger partial charge in [0.1, 0.15) is 16.2 Å². The smallest absolute Gasteiger partial charge is 0.137 e. The molecule has 0 amide bonds. The maximum absolute atomic E-state index is 4.58. The van der Waals surface area contributed by atoms with E-state index in [-0.39, 0.29) is 5.41 Å². The minimum absolute atomic E-state index is 0.0241. The fourth-order valence-corrected chi connectivity index (χ4v) is 1.92. The molecule has 1 aromatic heterocycles. The summed E-state index contributed by atoms with van der Waals surface area (Å²) >= 11 is 3.45. The lowest BCUT2D eigenvalue weighted by Crippen LogP contribution is -2.19. The van der Waals surface area contributed by atoms with E-state index in [1.165, 1.54) is 12.8 Å². The Kier molecular flexibility index (Phi) is 3.19. The second-order valence-corrected chi connectivity index (χ2v) is 7.13. The zero-order valence-electron chi connectivity index (χ0n) is 11.0. The van der Waals surface area contributed by atoms with Gasteiger partial charge in [-0.2, -0.15) is 0 Å². The molecule has 0 bridgehead atoms. The van der Waals surface area contributed by atoms with Gasteiger partial charge in [-0.1, -0.05) is 27.7 Å². The van der Waals surface area contributed by atoms with Gasteiger partial charge in [-0.25, -0.2) is 9.97 Å². The molecule has 0 atom stereocenters. The summed E-state index contributed by atoms with van der Waals surface area (Å²) < 4.78 is 0.848. The van der Waals surface area contributed by atoms with Crippen molar-refractivity contribution >= 4 is 21.7 Å². The molecule has 0 aromatic carbocycles. The Hall–Kier alpha value is -0.640. The topological polar surface area (TPSA) is 37.8 Å². The van der Waals surface area contributed by atoms with E-state index in [4.69, 9.17) is 0 Å². The number of hydrogen-bond acceptors (Lipinski definition) is 3. The Morgan fingerprint density at radius 2 is 2.00 bits per heavy atom. The average Bonchev–Trinajstić information content (AvgIpc) is 2.92. The lowest BCUT2D eigenvalue weighted by atomic mass is 9.96. The highest BCUT2D eigenvalue weighted by Crippen LogP contribution is 2.44. The first-order chi connectivity index (χ1) is 7.78. The summed E-state index contributed by atoms with van der Waals surface area (Å²) in [5.41, 5.74) is 0.461. The van der Waals surface area contributed by atoms with Gasteiger partial charge in [-0.15, -0.1) is 0 Å². The molecule has 0 saturated heterocycles. The molecule has 4 heteroatoms. The Morgan fingerprint density at radius 1 is 1.35 bits per heavy atom. The summed E-state index contributed by atoms with van der Waals surface area (Å²) in [4.78, 5) is 9.01. The summed E-state index contributed by atoms with van der Waals surface area (Å²) in [6.07, 6.45) is 2.64. The van der Waals surface area contributed by atoms with Gasteiger partial charge in [0.2, 0.25) is 0 Å². The fourth-order valence-electron chi connectivity index (χ4n) is 1.54. The first kappa shape index (κ1) is 12.8. The Morgan fingerprint density at radius 3 is 2.53 bits per heavy atom. The SMILES string of the molecule is CC1(CNc2cc(Br)nc(C(C)(C)C)n2)CC1. The van der Waals surface area contributed by atoms with Crippen LogP contribution >= 0.6 is 15.9 Å². The van der Waals surface area contributed by atoms with Crippen LogP contribution in [-0.4, -0.2) is 16.5 Å². The van der Waals surface area contributed by atoms with Gasteiger partial charge in [0.05, 0.1) is 0 Å². The standard InChI is InChI=1S/C13H20BrN3/c1-12(2,3)11-16-9(14)7-10(17-11)15-8-13(4)5-6-13/h7H,5-6,8H2,1-4H3,(H,15,16,17). The number of hydrogen-bond donors (Lipinski definition) is 1. The molecule has 1 aliphatic carbocycles. The molecule has 1 saturated carbocycles. The molecule has 2 rings (SSSR count). The molecule has 1 N–H and O–H groups in total. The molecule has 1 heterocycles. The highest BCUT2D eigenvalue weighted by Gasteiger charge is 2.36. The molecule has 1 aliphatic rings. The molecule has 0 radical (unpaired) electrons. The number of aromatic nitrogens is 2. The summed E-state index contributed by atoms with van der Waals surface area (Å²) in [7, 11) is 0. The van der Waals surface area contributed by atoms with Crippen molar-refractivity contribution in [3.63, 3.8) is 0 Å². The van der Waals surface area contributed by atoms with Crippen LogP contribution in [0, 0.1) is 5.41 Å². The first-order valence-electron chi connectivity index (χ1n) is 6.07. The van der Waals surface area contributed by atoms with E-state index in [0.29, 0.717) is 5.41 Å². The quantitative estimate of drug-likeness (QED) is 0.864. The van der Waals surface area contributed by atoms with Crippen LogP contribution in [0.1, 0.15) is 46.4 Å². The minimum Gasteiger partial charge on any atom is -0.369 e. The Balaban J connectivity index is 2.14. The molecule has 3 nitrogen and oxygen atoms in total. The largest absolute Gasteiger partial charge is 0.369 e. The van der Waals surface area contributed by atoms with Crippen LogP contribution in [0.5, 0.6) is 0 Å². The zero-order chi connectivity index (χ0) is 12.7. The zero-order valence-corrected chi connectivity index (χ0v) is 12.6. The minimum atomic E-state index is -0.0241. The third-order valence-electron chi connectivity index (χ3n) is 3.17. The molecule has 0 aliphatic heterocycles. The van der Waals surface area contributed by atoms with Gasteiger partial charge in [-0.3, -0.25) is 0 Å². The van der Waals surface area contributed by atoms with Gasteiger partial charge in [0, 0.05) is 18.0 Å². The maximum atomic E-state index is 4.58. The predicted octanol–water partition coefficient (Wildman–Crippen LogP) is 3.75. The third kappa shape index (κ3) is 3.41. The molecule has 0 spiro atoms. The number of halogens is 1. The van der Waals surface area contributed by atoms with E-state index < -0.39 is 0 Å². The monoisotopic (exact) mass is 297 g/mol. The van der Waals surface area contributed by atoms with Crippen LogP contribution in [0.25, 0.3) is 0 Å². The van der Waals surface area contributed by atoms with Gasteiger partial charge < -0.3 is 5.32 Å². The molecular formula is C13H20BrN3. The van der Waals surface area contributed by atoms with Crippen LogP contribution in [0.15, 0.2) is 10.7 Å². The maximum Gasteiger partial charge on any atom is 0.137 e. The molecule has 94 valence electrons. The van der Waals surface area contributed by atoms with Crippen molar-refractivity contribution in [3.8, 4) is 0 Å². The molecular weight excluding hydrogens is 278 g/mol. The summed E-state index contributed by atoms with van der Waals surface area (Å²) in [6.45, 7) is 9.68. The van der Waals surface area contributed by atoms with E-state index in [9.17, 15) is 0 Å². The van der Waals surface area contributed by atoms with E-state index in [2.05, 4.69) is 58.9 Å². The van der Waals surface area contributed by atoms with Gasteiger partial charge in [0.15, 0.2) is 0 Å². The number of rotatable bonds is 3. The number of anilines is 1. The fraction of sp³-hybridized carbons (Fsp3) is 0.692. The van der Waals surface area contributed by atoms with Crippen molar-refractivity contribution in [1.29, 1.82) is 0 Å². The van der Waals surface area contributed by atoms with E-state index in [1.807, 2.05) is 6.07 Å². The lowest BCUT2D eigenvalue weighted by Gasteiger charge is -2.18. The summed E-state index contributed by atoms with van der Waals surface area (Å²) in [6, 6.07) is 1.95. The van der Waals surface area contributed by atoms with Crippen LogP contribution in [0.2, 0.25) is 0 Å². The Labute approximate surface area is 112 Å². The number of nitrogens with zero attached hydrogens (tertiary/aromatic N) is 2. The van der Waals surface area contributed by atoms with Crippen LogP contribution in [0.4, 0.5) is 5.82 Å². The second-order valence-electron chi connectivity index (χ2n) is 6.31. The van der Waals surface area contributed by atoms with Crippen molar-refractivity contribution in [2.75, 3.05) is 11.9 Å². The van der Waals surface area contributed by atoms with Gasteiger partial charge in [-0.05, 0) is 34.2 Å². The molecule has 1 fully saturated rings. The average molecular weight is 298 g/mol. The highest BCUT2D eigenvalue weighted by atomic mass is 79.9. The number of nitrogens with one attached hydrogen (secondary N) is 1. The van der Waals surface area contributed by atoms with Crippen LogP contribution in [0.3, 0.4) is 0 Å². The first-order valence-corrected chi connectivity index (χ1v) is 6.87. The van der Waals surface area contributed by atoms with Gasteiger partial charge in [0.25, 0.3) is 0 Å². The van der Waals surface area contributed by atoms with Crippen molar-refractivity contribution in [2.24, 2.45) is 5.41 Å². The third-order valence-corrected chi connectivity index (χ3v) is 3.57. The van der Waals surface area contributed by atoms with E-state index in [0.717, 1.165) is 22.8 Å². The van der Waals surface area contributed by atoms with Crippen LogP contribution in [-0.2, 0) is 5.41 Å². The van der Waals surface area contributed by atoms with E-state index >= 15 is 0 Å². The summed E-state index contributed by atoms with van der Waals surface area (Å²) in [5, 5.41) is 3.42. The van der Waals surface area contributed by atoms with Gasteiger partial charge >= 0.3 is 0 Å². The summed E-state index contributed by atoms with van der Waals surface area (Å²) in [5.74, 6) is 1.79. The van der Waals surface area contributed by atoms with Crippen molar-refractivity contribution < 1.29 is 0 Å². The van der Waals surface area contributed by atoms with E-state index in [1.54, 1.807) is 0 Å². The second kappa shape index (κ2) is 4.23. The highest BCUT2D eigenvalue weighted by molar-refractivity contribution is 9.10. The predicted molar refractivity (Wildman–Crippen MR) is 74.3 cm³/mol. The normalized spacial score (nSPS) is 17.9. The van der Waals surface area contributed by atoms with Crippen molar-refractivity contribution in [2.45, 2.75) is 46.0 Å². The van der Waals surface area contributed by atoms with Crippen LogP contribution < -0.4 is 5.32 Å². The molecule has 0 unspecified atom stereocenters. The molecule has 1 aromatic rings. The van der Waals surface area contributed by atoms with Crippen molar-refractivity contribution in [3.05, 3.63) is 16.5 Å². The lowest BCUT2D eigenvalue weighted by molar-refractivity contribution is 0.543. The van der Waals surface area contributed by atoms with Crippen molar-refractivity contribution in [1.82, 2.24) is 9.97 Å².